The van der Waals surface area contributed by atoms with Crippen LogP contribution in [0.5, 0.6) is 0 Å². The van der Waals surface area contributed by atoms with Gasteiger partial charge in [-0.2, -0.15) is 4.90 Å². The number of aliphatic carboxylic acids is 1. The molecular formula is C16H27NO7. The van der Waals surface area contributed by atoms with E-state index in [2.05, 4.69) is 6.58 Å². The molecule has 0 aliphatic carbocycles. The summed E-state index contributed by atoms with van der Waals surface area (Å²) < 4.78 is 15.3. The number of hydrogen-bond acceptors (Lipinski definition) is 6. The van der Waals surface area contributed by atoms with E-state index in [1.165, 1.54) is 13.2 Å². The quantitative estimate of drug-likeness (QED) is 0.764. The number of carbonyl (C=O) groups excluding carboxylic acids is 2. The first kappa shape index (κ1) is 21.9. The van der Waals surface area contributed by atoms with Crippen LogP contribution in [-0.2, 0) is 19.0 Å². The van der Waals surface area contributed by atoms with Crippen molar-refractivity contribution in [1.29, 1.82) is 0 Å². The van der Waals surface area contributed by atoms with Crippen LogP contribution < -0.4 is 0 Å². The summed E-state index contributed by atoms with van der Waals surface area (Å²) in [6.07, 6.45) is -2.25. The molecule has 138 valence electrons. The standard InChI is InChI=1S/C16H27NO7/c1-9-10(22-8)11(12(18)19)17(13(20)23-15(2,3)4)14(21)24-16(5,6)7/h9-11H,1H2,2-8H3,(H,18,19)/t10-,11+/m0/s1. The van der Waals surface area contributed by atoms with Gasteiger partial charge in [0.05, 0.1) is 0 Å². The third kappa shape index (κ3) is 6.99. The van der Waals surface area contributed by atoms with Gasteiger partial charge in [0.15, 0.2) is 6.04 Å². The number of ether oxygens (including phenoxy) is 3. The normalized spacial score (nSPS) is 14.3. The molecule has 0 saturated heterocycles. The van der Waals surface area contributed by atoms with Crippen molar-refractivity contribution in [2.45, 2.75) is 64.9 Å². The average molecular weight is 345 g/mol. The van der Waals surface area contributed by atoms with Crippen LogP contribution in [0, 0.1) is 0 Å². The highest BCUT2D eigenvalue weighted by atomic mass is 16.6. The number of rotatable bonds is 5. The number of carboxylic acids is 1. The minimum atomic E-state index is -1.68. The topological polar surface area (TPSA) is 102 Å². The van der Waals surface area contributed by atoms with Crippen molar-refractivity contribution in [1.82, 2.24) is 4.90 Å². The van der Waals surface area contributed by atoms with Crippen molar-refractivity contribution in [3.8, 4) is 0 Å². The Labute approximate surface area is 142 Å². The van der Waals surface area contributed by atoms with Crippen molar-refractivity contribution >= 4 is 18.2 Å². The van der Waals surface area contributed by atoms with E-state index >= 15 is 0 Å². The molecule has 0 bridgehead atoms. The predicted octanol–water partition coefficient (Wildman–Crippen LogP) is 2.81. The zero-order valence-electron chi connectivity index (χ0n) is 15.3. The maximum atomic E-state index is 12.4. The number of carbonyl (C=O) groups is 3. The van der Waals surface area contributed by atoms with E-state index < -0.39 is 41.5 Å². The van der Waals surface area contributed by atoms with E-state index in [1.54, 1.807) is 41.5 Å². The average Bonchev–Trinajstić information content (AvgIpc) is 2.33. The zero-order chi connectivity index (χ0) is 19.3. The smallest absolute Gasteiger partial charge is 0.420 e. The van der Waals surface area contributed by atoms with Gasteiger partial charge < -0.3 is 19.3 Å². The van der Waals surface area contributed by atoms with Crippen molar-refractivity contribution in [3.63, 3.8) is 0 Å². The van der Waals surface area contributed by atoms with E-state index in [4.69, 9.17) is 14.2 Å². The highest BCUT2D eigenvalue weighted by Crippen LogP contribution is 2.19. The highest BCUT2D eigenvalue weighted by molar-refractivity contribution is 5.94. The molecule has 0 aliphatic rings. The Kier molecular flexibility index (Phi) is 7.43. The number of methoxy groups -OCH3 is 1. The molecule has 2 amide bonds. The molecule has 0 radical (unpaired) electrons. The molecule has 0 aromatic heterocycles. The van der Waals surface area contributed by atoms with E-state index in [0.717, 1.165) is 0 Å². The Morgan fingerprint density at radius 1 is 1.00 bits per heavy atom. The summed E-state index contributed by atoms with van der Waals surface area (Å²) in [4.78, 5) is 36.9. The molecule has 8 nitrogen and oxygen atoms in total. The maximum Gasteiger partial charge on any atom is 0.420 e. The molecule has 24 heavy (non-hydrogen) atoms. The van der Waals surface area contributed by atoms with Crippen molar-refractivity contribution in [2.24, 2.45) is 0 Å². The molecular weight excluding hydrogens is 318 g/mol. The molecule has 0 spiro atoms. The molecule has 0 unspecified atom stereocenters. The summed E-state index contributed by atoms with van der Waals surface area (Å²) >= 11 is 0. The van der Waals surface area contributed by atoms with Gasteiger partial charge >= 0.3 is 18.2 Å². The summed E-state index contributed by atoms with van der Waals surface area (Å²) in [6.45, 7) is 13.0. The van der Waals surface area contributed by atoms with Crippen molar-refractivity contribution in [3.05, 3.63) is 12.7 Å². The first-order valence-electron chi connectivity index (χ1n) is 7.37. The number of amides is 2. The van der Waals surface area contributed by atoms with E-state index in [9.17, 15) is 19.5 Å². The van der Waals surface area contributed by atoms with Gasteiger partial charge in [-0.3, -0.25) is 0 Å². The van der Waals surface area contributed by atoms with Crippen LogP contribution in [0.4, 0.5) is 9.59 Å². The lowest BCUT2D eigenvalue weighted by Crippen LogP contribution is -2.56. The first-order chi connectivity index (χ1) is 10.7. The van der Waals surface area contributed by atoms with E-state index in [-0.39, 0.29) is 0 Å². The number of imide groups is 1. The fourth-order valence-electron chi connectivity index (χ4n) is 1.68. The minimum Gasteiger partial charge on any atom is -0.480 e. The van der Waals surface area contributed by atoms with Crippen LogP contribution in [0.2, 0.25) is 0 Å². The van der Waals surface area contributed by atoms with E-state index in [1.807, 2.05) is 0 Å². The molecule has 0 heterocycles. The fourth-order valence-corrected chi connectivity index (χ4v) is 1.68. The SMILES string of the molecule is C=C[C@H](OC)[C@H](C(=O)O)N(C(=O)OC(C)(C)C)C(=O)OC(C)(C)C. The van der Waals surface area contributed by atoms with Crippen LogP contribution >= 0.6 is 0 Å². The monoisotopic (exact) mass is 345 g/mol. The molecule has 0 fully saturated rings. The van der Waals surface area contributed by atoms with Gasteiger partial charge in [-0.25, -0.2) is 14.4 Å². The molecule has 0 aromatic carbocycles. The van der Waals surface area contributed by atoms with Gasteiger partial charge in [0.25, 0.3) is 0 Å². The Balaban J connectivity index is 5.89. The summed E-state index contributed by atoms with van der Waals surface area (Å²) in [5.41, 5.74) is -1.87. The van der Waals surface area contributed by atoms with Crippen molar-refractivity contribution in [2.75, 3.05) is 7.11 Å². The van der Waals surface area contributed by atoms with Crippen LogP contribution in [0.15, 0.2) is 12.7 Å². The lowest BCUT2D eigenvalue weighted by atomic mass is 10.1. The predicted molar refractivity (Wildman–Crippen MR) is 86.7 cm³/mol. The Morgan fingerprint density at radius 3 is 1.58 bits per heavy atom. The summed E-state index contributed by atoms with van der Waals surface area (Å²) in [6, 6.07) is -1.68. The Hall–Kier alpha value is -2.09. The molecule has 1 N–H and O–H groups in total. The Morgan fingerprint density at radius 2 is 1.38 bits per heavy atom. The largest absolute Gasteiger partial charge is 0.480 e. The van der Waals surface area contributed by atoms with Crippen LogP contribution in [0.3, 0.4) is 0 Å². The molecule has 0 aromatic rings. The molecule has 0 rings (SSSR count). The highest BCUT2D eigenvalue weighted by Gasteiger charge is 2.44. The summed E-state index contributed by atoms with van der Waals surface area (Å²) in [7, 11) is 1.24. The third-order valence-corrected chi connectivity index (χ3v) is 2.53. The van der Waals surface area contributed by atoms with Gasteiger partial charge in [0.1, 0.15) is 17.3 Å². The molecule has 0 aliphatic heterocycles. The van der Waals surface area contributed by atoms with Crippen LogP contribution in [-0.4, -0.2) is 58.6 Å². The lowest BCUT2D eigenvalue weighted by Gasteiger charge is -2.33. The molecule has 2 atom stereocenters. The summed E-state index contributed by atoms with van der Waals surface area (Å²) in [5.74, 6) is -1.46. The molecule has 8 heteroatoms. The van der Waals surface area contributed by atoms with E-state index in [0.29, 0.717) is 4.90 Å². The zero-order valence-corrected chi connectivity index (χ0v) is 15.3. The number of nitrogens with zero attached hydrogens (tertiary/aromatic N) is 1. The second kappa shape index (κ2) is 8.14. The van der Waals surface area contributed by atoms with Gasteiger partial charge in [-0.15, -0.1) is 6.58 Å². The maximum absolute atomic E-state index is 12.4. The van der Waals surface area contributed by atoms with Gasteiger partial charge in [-0.05, 0) is 41.5 Å². The number of carboxylic acid groups (broad SMARTS) is 1. The minimum absolute atomic E-state index is 0.397. The van der Waals surface area contributed by atoms with Gasteiger partial charge in [0, 0.05) is 7.11 Å². The number of hydrogen-bond donors (Lipinski definition) is 1. The van der Waals surface area contributed by atoms with Gasteiger partial charge in [0.2, 0.25) is 0 Å². The van der Waals surface area contributed by atoms with Crippen LogP contribution in [0.1, 0.15) is 41.5 Å². The van der Waals surface area contributed by atoms with Crippen LogP contribution in [0.25, 0.3) is 0 Å². The summed E-state index contributed by atoms with van der Waals surface area (Å²) in [5, 5.41) is 9.49. The fraction of sp³-hybridized carbons (Fsp3) is 0.688. The molecule has 0 saturated carbocycles. The van der Waals surface area contributed by atoms with Crippen molar-refractivity contribution < 1.29 is 33.7 Å². The Bertz CT molecular complexity index is 460. The lowest BCUT2D eigenvalue weighted by molar-refractivity contribution is -0.147. The van der Waals surface area contributed by atoms with Gasteiger partial charge in [-0.1, -0.05) is 6.08 Å². The third-order valence-electron chi connectivity index (χ3n) is 2.53. The first-order valence-corrected chi connectivity index (χ1v) is 7.37. The second-order valence-corrected chi connectivity index (χ2v) is 7.05. The second-order valence-electron chi connectivity index (χ2n) is 7.05.